The molecule has 122 valence electrons. The Balaban J connectivity index is 1.53. The molecular formula is C16H12FN3O2S2. The van der Waals surface area contributed by atoms with Gasteiger partial charge in [-0.05, 0) is 29.1 Å². The van der Waals surface area contributed by atoms with Crippen LogP contribution in [0.15, 0.2) is 46.5 Å². The monoisotopic (exact) mass is 361 g/mol. The third-order valence-electron chi connectivity index (χ3n) is 3.10. The van der Waals surface area contributed by atoms with Crippen LogP contribution >= 0.6 is 22.7 Å². The van der Waals surface area contributed by atoms with Crippen LogP contribution in [0.4, 0.5) is 4.39 Å². The highest BCUT2D eigenvalue weighted by molar-refractivity contribution is 7.14. The average Bonchev–Trinajstić information content (AvgIpc) is 3.25. The smallest absolute Gasteiger partial charge is 0.273 e. The van der Waals surface area contributed by atoms with Crippen molar-refractivity contribution in [1.29, 1.82) is 0 Å². The van der Waals surface area contributed by atoms with Crippen molar-refractivity contribution >= 4 is 34.5 Å². The molecule has 2 aromatic heterocycles. The maximum Gasteiger partial charge on any atom is 0.289 e. The lowest BCUT2D eigenvalue weighted by molar-refractivity contribution is -0.121. The number of hydrogen-bond acceptors (Lipinski definition) is 5. The first-order chi connectivity index (χ1) is 11.6. The number of thiophene rings is 1. The van der Waals surface area contributed by atoms with Gasteiger partial charge in [-0.25, -0.2) is 9.37 Å². The van der Waals surface area contributed by atoms with E-state index in [-0.39, 0.29) is 17.9 Å². The second kappa shape index (κ2) is 7.33. The lowest BCUT2D eigenvalue weighted by Crippen LogP contribution is -2.42. The van der Waals surface area contributed by atoms with Crippen molar-refractivity contribution in [3.8, 4) is 10.6 Å². The van der Waals surface area contributed by atoms with E-state index in [0.717, 1.165) is 10.6 Å². The van der Waals surface area contributed by atoms with Gasteiger partial charge < -0.3 is 0 Å². The Hall–Kier alpha value is -2.58. The molecule has 0 unspecified atom stereocenters. The number of hydrazine groups is 1. The molecule has 0 aliphatic rings. The zero-order valence-electron chi connectivity index (χ0n) is 12.3. The average molecular weight is 361 g/mol. The predicted molar refractivity (Wildman–Crippen MR) is 91.1 cm³/mol. The number of carbonyl (C=O) groups excluding carboxylic acids is 2. The summed E-state index contributed by atoms with van der Waals surface area (Å²) < 4.78 is 12.8. The van der Waals surface area contributed by atoms with Gasteiger partial charge in [0.25, 0.3) is 5.91 Å². The fourth-order valence-electron chi connectivity index (χ4n) is 1.92. The molecule has 0 fully saturated rings. The molecular weight excluding hydrogens is 349 g/mol. The Morgan fingerprint density at radius 1 is 1.08 bits per heavy atom. The van der Waals surface area contributed by atoms with E-state index >= 15 is 0 Å². The molecule has 0 aliphatic carbocycles. The maximum absolute atomic E-state index is 12.8. The molecule has 0 saturated heterocycles. The number of aromatic nitrogens is 1. The molecule has 0 spiro atoms. The highest BCUT2D eigenvalue weighted by Crippen LogP contribution is 2.25. The van der Waals surface area contributed by atoms with E-state index in [1.165, 1.54) is 35.6 Å². The van der Waals surface area contributed by atoms with E-state index in [4.69, 9.17) is 0 Å². The van der Waals surface area contributed by atoms with Crippen LogP contribution in [0.1, 0.15) is 16.1 Å². The summed E-state index contributed by atoms with van der Waals surface area (Å²) in [7, 11) is 0. The third kappa shape index (κ3) is 4.03. The molecule has 3 aromatic rings. The molecule has 0 aliphatic heterocycles. The van der Waals surface area contributed by atoms with E-state index in [2.05, 4.69) is 15.8 Å². The van der Waals surface area contributed by atoms with Gasteiger partial charge in [-0.3, -0.25) is 20.4 Å². The predicted octanol–water partition coefficient (Wildman–Crippen LogP) is 3.01. The highest BCUT2D eigenvalue weighted by atomic mass is 32.1. The first kappa shape index (κ1) is 16.3. The normalized spacial score (nSPS) is 10.4. The molecule has 0 atom stereocenters. The van der Waals surface area contributed by atoms with Crippen LogP contribution in [0.25, 0.3) is 10.6 Å². The minimum Gasteiger partial charge on any atom is -0.273 e. The van der Waals surface area contributed by atoms with Gasteiger partial charge in [0, 0.05) is 16.3 Å². The fourth-order valence-corrected chi connectivity index (χ4v) is 3.43. The van der Waals surface area contributed by atoms with Crippen molar-refractivity contribution in [1.82, 2.24) is 15.8 Å². The summed E-state index contributed by atoms with van der Waals surface area (Å²) in [6.45, 7) is 0. The number of halogens is 1. The molecule has 5 nitrogen and oxygen atoms in total. The van der Waals surface area contributed by atoms with Gasteiger partial charge in [-0.15, -0.1) is 11.3 Å². The summed E-state index contributed by atoms with van der Waals surface area (Å²) in [5, 5.41) is 6.27. The van der Waals surface area contributed by atoms with Gasteiger partial charge in [0.2, 0.25) is 5.91 Å². The standard InChI is InChI=1S/C16H12FN3O2S2/c17-12-3-1-10(2-4-12)7-14(21)19-20-15(22)13-9-24-16(18-13)11-5-6-23-8-11/h1-6,8-9H,7H2,(H,19,21)(H,20,22). The quantitative estimate of drug-likeness (QED) is 0.702. The highest BCUT2D eigenvalue weighted by Gasteiger charge is 2.13. The molecule has 3 rings (SSSR count). The van der Waals surface area contributed by atoms with Crippen LogP contribution in [0.5, 0.6) is 0 Å². The summed E-state index contributed by atoms with van der Waals surface area (Å²) in [6.07, 6.45) is 0.0395. The maximum atomic E-state index is 12.8. The number of benzene rings is 1. The second-order valence-corrected chi connectivity index (χ2v) is 6.49. The Kier molecular flexibility index (Phi) is 4.97. The number of carbonyl (C=O) groups is 2. The molecule has 0 radical (unpaired) electrons. The summed E-state index contributed by atoms with van der Waals surface area (Å²) in [6, 6.07) is 7.52. The summed E-state index contributed by atoms with van der Waals surface area (Å²) in [5.74, 6) is -1.25. The minimum atomic E-state index is -0.486. The molecule has 8 heteroatoms. The summed E-state index contributed by atoms with van der Waals surface area (Å²) >= 11 is 2.91. The molecule has 1 aromatic carbocycles. The fraction of sp³-hybridized carbons (Fsp3) is 0.0625. The van der Waals surface area contributed by atoms with Crippen LogP contribution < -0.4 is 10.9 Å². The zero-order valence-corrected chi connectivity index (χ0v) is 13.9. The van der Waals surface area contributed by atoms with Gasteiger partial charge in [-0.2, -0.15) is 11.3 Å². The van der Waals surface area contributed by atoms with Crippen LogP contribution in [0, 0.1) is 5.82 Å². The van der Waals surface area contributed by atoms with Crippen molar-refractivity contribution < 1.29 is 14.0 Å². The van der Waals surface area contributed by atoms with Crippen molar-refractivity contribution in [3.05, 3.63) is 63.5 Å². The topological polar surface area (TPSA) is 71.1 Å². The first-order valence-corrected chi connectivity index (χ1v) is 8.76. The Morgan fingerprint density at radius 3 is 2.58 bits per heavy atom. The van der Waals surface area contributed by atoms with Crippen molar-refractivity contribution in [2.24, 2.45) is 0 Å². The van der Waals surface area contributed by atoms with E-state index in [1.807, 2.05) is 16.8 Å². The SMILES string of the molecule is O=C(Cc1ccc(F)cc1)NNC(=O)c1csc(-c2ccsc2)n1. The number of nitrogens with one attached hydrogen (secondary N) is 2. The molecule has 2 heterocycles. The van der Waals surface area contributed by atoms with Crippen LogP contribution in [0.2, 0.25) is 0 Å². The lowest BCUT2D eigenvalue weighted by atomic mass is 10.1. The van der Waals surface area contributed by atoms with Crippen molar-refractivity contribution in [3.63, 3.8) is 0 Å². The molecule has 0 bridgehead atoms. The third-order valence-corrected chi connectivity index (χ3v) is 4.67. The number of rotatable bonds is 4. The van der Waals surface area contributed by atoms with Crippen LogP contribution in [-0.2, 0) is 11.2 Å². The minimum absolute atomic E-state index is 0.0395. The number of thiazole rings is 1. The van der Waals surface area contributed by atoms with E-state index in [9.17, 15) is 14.0 Å². The van der Waals surface area contributed by atoms with Gasteiger partial charge in [0.05, 0.1) is 6.42 Å². The number of nitrogens with zero attached hydrogens (tertiary/aromatic N) is 1. The summed E-state index contributed by atoms with van der Waals surface area (Å²) in [5.41, 5.74) is 6.50. The number of hydrogen-bond donors (Lipinski definition) is 2. The Morgan fingerprint density at radius 2 is 1.88 bits per heavy atom. The molecule has 24 heavy (non-hydrogen) atoms. The second-order valence-electron chi connectivity index (χ2n) is 4.86. The van der Waals surface area contributed by atoms with Crippen molar-refractivity contribution in [2.45, 2.75) is 6.42 Å². The van der Waals surface area contributed by atoms with E-state index in [1.54, 1.807) is 16.7 Å². The van der Waals surface area contributed by atoms with Crippen LogP contribution in [-0.4, -0.2) is 16.8 Å². The first-order valence-electron chi connectivity index (χ1n) is 6.93. The van der Waals surface area contributed by atoms with Crippen molar-refractivity contribution in [2.75, 3.05) is 0 Å². The van der Waals surface area contributed by atoms with E-state index < -0.39 is 11.8 Å². The Bertz CT molecular complexity index is 845. The van der Waals surface area contributed by atoms with Gasteiger partial charge >= 0.3 is 0 Å². The lowest BCUT2D eigenvalue weighted by Gasteiger charge is -2.06. The largest absolute Gasteiger partial charge is 0.289 e. The Labute approximate surface area is 145 Å². The van der Waals surface area contributed by atoms with E-state index in [0.29, 0.717) is 5.56 Å². The van der Waals surface area contributed by atoms with Gasteiger partial charge in [-0.1, -0.05) is 12.1 Å². The number of amides is 2. The molecule has 2 N–H and O–H groups in total. The molecule has 2 amide bonds. The van der Waals surface area contributed by atoms with Gasteiger partial charge in [0.15, 0.2) is 0 Å². The summed E-state index contributed by atoms with van der Waals surface area (Å²) in [4.78, 5) is 28.0. The van der Waals surface area contributed by atoms with Crippen LogP contribution in [0.3, 0.4) is 0 Å². The zero-order chi connectivity index (χ0) is 16.9. The van der Waals surface area contributed by atoms with Gasteiger partial charge in [0.1, 0.15) is 16.5 Å². The molecule has 0 saturated carbocycles.